The van der Waals surface area contributed by atoms with Crippen molar-refractivity contribution in [2.24, 2.45) is 0 Å². The first kappa shape index (κ1) is 27.7. The van der Waals surface area contributed by atoms with Crippen molar-refractivity contribution in [1.82, 2.24) is 35.8 Å². The Morgan fingerprint density at radius 3 is 2.73 bits per heavy atom. The SMILES string of the molecule is CC(C)(OC[C@H](NC(=O)c1nonc1C1CC1)c1nc2ccc(CN3CC(F)(F)CNC3=O)cc2[nH]1)C(F)(F)F. The molecule has 216 valence electrons. The number of ether oxygens (including phenoxy) is 1. The number of carbonyl (C=O) groups excluding carboxylic acids is 2. The lowest BCUT2D eigenvalue weighted by molar-refractivity contribution is -0.265. The summed E-state index contributed by atoms with van der Waals surface area (Å²) in [6, 6.07) is 2.94. The van der Waals surface area contributed by atoms with E-state index in [9.17, 15) is 31.5 Å². The minimum atomic E-state index is -4.68. The molecule has 1 saturated heterocycles. The summed E-state index contributed by atoms with van der Waals surface area (Å²) in [5, 5.41) is 12.2. The molecule has 0 radical (unpaired) electrons. The lowest BCUT2D eigenvalue weighted by atomic mass is 10.1. The third-order valence-corrected chi connectivity index (χ3v) is 6.77. The molecule has 2 fully saturated rings. The number of aromatic amines is 1. The minimum absolute atomic E-state index is 0.0254. The van der Waals surface area contributed by atoms with Crippen molar-refractivity contribution in [3.63, 3.8) is 0 Å². The molecule has 2 aliphatic rings. The first-order valence-corrected chi connectivity index (χ1v) is 12.5. The van der Waals surface area contributed by atoms with Gasteiger partial charge in [-0.25, -0.2) is 23.2 Å². The molecule has 2 aromatic heterocycles. The zero-order valence-corrected chi connectivity index (χ0v) is 21.4. The van der Waals surface area contributed by atoms with E-state index in [4.69, 9.17) is 9.37 Å². The Balaban J connectivity index is 1.39. The van der Waals surface area contributed by atoms with Crippen molar-refractivity contribution < 1.29 is 40.9 Å². The van der Waals surface area contributed by atoms with Crippen LogP contribution in [-0.2, 0) is 11.3 Å². The molecule has 1 aliphatic carbocycles. The third-order valence-electron chi connectivity index (χ3n) is 6.77. The van der Waals surface area contributed by atoms with Crippen LogP contribution in [0.5, 0.6) is 0 Å². The van der Waals surface area contributed by atoms with Gasteiger partial charge in [-0.15, -0.1) is 0 Å². The van der Waals surface area contributed by atoms with Crippen LogP contribution in [-0.4, -0.2) is 74.5 Å². The van der Waals surface area contributed by atoms with E-state index in [1.165, 1.54) is 0 Å². The molecule has 5 rings (SSSR count). The van der Waals surface area contributed by atoms with E-state index in [2.05, 4.69) is 30.9 Å². The van der Waals surface area contributed by atoms with Crippen LogP contribution in [0, 0.1) is 0 Å². The van der Waals surface area contributed by atoms with E-state index in [1.54, 1.807) is 18.2 Å². The zero-order chi connectivity index (χ0) is 28.9. The van der Waals surface area contributed by atoms with Gasteiger partial charge in [0.15, 0.2) is 11.3 Å². The number of benzene rings is 1. The van der Waals surface area contributed by atoms with Crippen LogP contribution in [0.3, 0.4) is 0 Å². The molecule has 0 unspecified atom stereocenters. The first-order chi connectivity index (χ1) is 18.7. The molecule has 3 heterocycles. The van der Waals surface area contributed by atoms with Gasteiger partial charge in [-0.3, -0.25) is 4.79 Å². The summed E-state index contributed by atoms with van der Waals surface area (Å²) < 4.78 is 77.8. The normalized spacial score (nSPS) is 18.6. The maximum atomic E-state index is 13.8. The van der Waals surface area contributed by atoms with Gasteiger partial charge in [-0.2, -0.15) is 13.2 Å². The average molecular weight is 572 g/mol. The van der Waals surface area contributed by atoms with E-state index in [0.717, 1.165) is 31.6 Å². The van der Waals surface area contributed by atoms with E-state index in [-0.39, 0.29) is 24.0 Å². The van der Waals surface area contributed by atoms with Crippen LogP contribution in [0.4, 0.5) is 26.7 Å². The van der Waals surface area contributed by atoms with Crippen LogP contribution in [0.2, 0.25) is 0 Å². The van der Waals surface area contributed by atoms with E-state index >= 15 is 0 Å². The molecular weight excluding hydrogens is 545 g/mol. The molecule has 1 saturated carbocycles. The fourth-order valence-electron chi connectivity index (χ4n) is 4.18. The molecule has 40 heavy (non-hydrogen) atoms. The van der Waals surface area contributed by atoms with E-state index in [1.807, 2.05) is 0 Å². The summed E-state index contributed by atoms with van der Waals surface area (Å²) in [4.78, 5) is 33.4. The van der Waals surface area contributed by atoms with E-state index < -0.39 is 55.4 Å². The Kier molecular flexibility index (Phi) is 6.92. The number of urea groups is 1. The maximum absolute atomic E-state index is 13.8. The number of hydrogen-bond donors (Lipinski definition) is 3. The maximum Gasteiger partial charge on any atom is 0.416 e. The van der Waals surface area contributed by atoms with Crippen molar-refractivity contribution in [3.8, 4) is 0 Å². The van der Waals surface area contributed by atoms with Crippen LogP contribution < -0.4 is 10.6 Å². The number of nitrogens with one attached hydrogen (secondary N) is 3. The number of H-pyrrole nitrogens is 1. The molecule has 0 bridgehead atoms. The largest absolute Gasteiger partial charge is 0.416 e. The number of nitrogens with zero attached hydrogens (tertiary/aromatic N) is 4. The second-order valence-electron chi connectivity index (χ2n) is 10.5. The second kappa shape index (κ2) is 9.98. The highest BCUT2D eigenvalue weighted by Crippen LogP contribution is 2.40. The quantitative estimate of drug-likeness (QED) is 0.332. The number of halogens is 5. The molecule has 1 aliphatic heterocycles. The van der Waals surface area contributed by atoms with Crippen molar-refractivity contribution in [1.29, 1.82) is 0 Å². The number of hydrogen-bond acceptors (Lipinski definition) is 7. The topological polar surface area (TPSA) is 138 Å². The molecular formula is C24H26F5N7O4. The molecule has 3 amide bonds. The zero-order valence-electron chi connectivity index (χ0n) is 21.4. The second-order valence-corrected chi connectivity index (χ2v) is 10.5. The lowest BCUT2D eigenvalue weighted by Gasteiger charge is -2.33. The van der Waals surface area contributed by atoms with Gasteiger partial charge in [0.25, 0.3) is 11.8 Å². The highest BCUT2D eigenvalue weighted by atomic mass is 19.4. The van der Waals surface area contributed by atoms with Crippen LogP contribution >= 0.6 is 0 Å². The molecule has 1 atom stereocenters. The van der Waals surface area contributed by atoms with Crippen molar-refractivity contribution in [2.45, 2.75) is 62.9 Å². The first-order valence-electron chi connectivity index (χ1n) is 12.5. The summed E-state index contributed by atoms with van der Waals surface area (Å²) in [5.41, 5.74) is -0.919. The van der Waals surface area contributed by atoms with Crippen LogP contribution in [0.1, 0.15) is 66.2 Å². The fraction of sp³-hybridized carbons (Fsp3) is 0.542. The summed E-state index contributed by atoms with van der Waals surface area (Å²) in [6.07, 6.45) is -3.07. The molecule has 0 spiro atoms. The summed E-state index contributed by atoms with van der Waals surface area (Å²) in [6.45, 7) is -0.465. The Morgan fingerprint density at radius 2 is 2.02 bits per heavy atom. The highest BCUT2D eigenvalue weighted by molar-refractivity contribution is 5.93. The standard InChI is InChI=1S/C24H26F5N7O4/c1-22(2,24(27,28)29)39-9-16(33-20(37)18-17(13-4-5-13)34-40-35-18)19-31-14-6-3-12(7-15(14)32-19)8-36-11-23(25,26)10-30-21(36)38/h3,6-7,13,16H,4-5,8-11H2,1-2H3,(H,30,38)(H,31,32)(H,33,37)/t16-/m0/s1. The van der Waals surface area contributed by atoms with Crippen LogP contribution in [0.25, 0.3) is 11.0 Å². The van der Waals surface area contributed by atoms with Gasteiger partial charge >= 0.3 is 12.2 Å². The van der Waals surface area contributed by atoms with Gasteiger partial charge in [-0.1, -0.05) is 11.2 Å². The van der Waals surface area contributed by atoms with Gasteiger partial charge in [0.1, 0.15) is 17.6 Å². The molecule has 1 aromatic carbocycles. The number of aromatic nitrogens is 4. The number of amides is 3. The van der Waals surface area contributed by atoms with E-state index in [0.29, 0.717) is 22.3 Å². The van der Waals surface area contributed by atoms with Crippen molar-refractivity contribution in [3.05, 3.63) is 41.0 Å². The van der Waals surface area contributed by atoms with Crippen LogP contribution in [0.15, 0.2) is 22.8 Å². The smallest absolute Gasteiger partial charge is 0.364 e. The van der Waals surface area contributed by atoms with Crippen molar-refractivity contribution >= 4 is 23.0 Å². The number of alkyl halides is 5. The Hall–Kier alpha value is -3.82. The number of imidazole rings is 1. The van der Waals surface area contributed by atoms with Crippen molar-refractivity contribution in [2.75, 3.05) is 19.7 Å². The predicted octanol–water partition coefficient (Wildman–Crippen LogP) is 3.81. The number of fused-ring (bicyclic) bond motifs is 1. The monoisotopic (exact) mass is 571 g/mol. The molecule has 3 aromatic rings. The predicted molar refractivity (Wildman–Crippen MR) is 127 cm³/mol. The summed E-state index contributed by atoms with van der Waals surface area (Å²) in [7, 11) is 0. The summed E-state index contributed by atoms with van der Waals surface area (Å²) >= 11 is 0. The average Bonchev–Trinajstić information content (AvgIpc) is 3.43. The van der Waals surface area contributed by atoms with Gasteiger partial charge < -0.3 is 25.3 Å². The van der Waals surface area contributed by atoms with Gasteiger partial charge in [0.2, 0.25) is 0 Å². The number of carbonyl (C=O) groups is 2. The molecule has 3 N–H and O–H groups in total. The fourth-order valence-corrected chi connectivity index (χ4v) is 4.18. The number of rotatable bonds is 9. The lowest BCUT2D eigenvalue weighted by Crippen LogP contribution is -2.56. The third kappa shape index (κ3) is 5.85. The Bertz CT molecular complexity index is 1420. The Labute approximate surface area is 223 Å². The Morgan fingerprint density at radius 1 is 1.27 bits per heavy atom. The molecule has 11 nitrogen and oxygen atoms in total. The summed E-state index contributed by atoms with van der Waals surface area (Å²) in [5.74, 6) is -3.68. The molecule has 16 heteroatoms. The minimum Gasteiger partial charge on any atom is -0.364 e. The highest BCUT2D eigenvalue weighted by Gasteiger charge is 2.49. The van der Waals surface area contributed by atoms with Gasteiger partial charge in [0, 0.05) is 12.5 Å². The van der Waals surface area contributed by atoms with Gasteiger partial charge in [-0.05, 0) is 49.5 Å². The van der Waals surface area contributed by atoms with Gasteiger partial charge in [0.05, 0.1) is 30.7 Å².